The fourth-order valence-electron chi connectivity index (χ4n) is 3.46. The summed E-state index contributed by atoms with van der Waals surface area (Å²) >= 11 is 0. The van der Waals surface area contributed by atoms with Crippen molar-refractivity contribution in [3.05, 3.63) is 71.1 Å². The molecule has 2 aromatic carbocycles. The fourth-order valence-corrected chi connectivity index (χ4v) is 3.46. The number of rotatable bonds is 5. The summed E-state index contributed by atoms with van der Waals surface area (Å²) in [6.07, 6.45) is 1.29. The molecule has 3 aromatic rings. The Morgan fingerprint density at radius 3 is 2.70 bits per heavy atom. The lowest BCUT2D eigenvalue weighted by atomic mass is 10.1. The standard InChI is InChI=1S/C22H23N3O2/c1-15-8-9-18(12-16(15)2)21-23-22(27-24-21)19-13-20(26)25(14-19)11-10-17-6-4-3-5-7-17/h3-9,12,19H,10-11,13-14H2,1-2H3. The Hall–Kier alpha value is -2.95. The van der Waals surface area contributed by atoms with Crippen molar-refractivity contribution in [3.63, 3.8) is 0 Å². The molecule has 5 nitrogen and oxygen atoms in total. The molecular formula is C22H23N3O2. The van der Waals surface area contributed by atoms with E-state index in [4.69, 9.17) is 4.52 Å². The number of carbonyl (C=O) groups is 1. The molecule has 1 saturated heterocycles. The van der Waals surface area contributed by atoms with Gasteiger partial charge >= 0.3 is 0 Å². The van der Waals surface area contributed by atoms with Gasteiger partial charge in [0.15, 0.2) is 0 Å². The van der Waals surface area contributed by atoms with Gasteiger partial charge in [0.05, 0.1) is 5.92 Å². The number of hydrogen-bond donors (Lipinski definition) is 0. The summed E-state index contributed by atoms with van der Waals surface area (Å²) in [5.41, 5.74) is 4.61. The van der Waals surface area contributed by atoms with Crippen molar-refractivity contribution in [2.24, 2.45) is 0 Å². The predicted octanol–water partition coefficient (Wildman–Crippen LogP) is 3.91. The average Bonchev–Trinajstić information content (AvgIpc) is 3.30. The zero-order chi connectivity index (χ0) is 18.8. The number of aryl methyl sites for hydroxylation is 2. The van der Waals surface area contributed by atoms with E-state index in [0.717, 1.165) is 18.5 Å². The number of benzene rings is 2. The van der Waals surface area contributed by atoms with Gasteiger partial charge in [-0.1, -0.05) is 47.6 Å². The Morgan fingerprint density at radius 1 is 1.11 bits per heavy atom. The highest BCUT2D eigenvalue weighted by Gasteiger charge is 2.34. The van der Waals surface area contributed by atoms with Crippen LogP contribution in [0.3, 0.4) is 0 Å². The van der Waals surface area contributed by atoms with Crippen molar-refractivity contribution >= 4 is 5.91 Å². The normalized spacial score (nSPS) is 16.9. The molecule has 138 valence electrons. The van der Waals surface area contributed by atoms with Gasteiger partial charge in [-0.05, 0) is 43.0 Å². The van der Waals surface area contributed by atoms with Crippen LogP contribution in [-0.2, 0) is 11.2 Å². The van der Waals surface area contributed by atoms with Crippen molar-refractivity contribution < 1.29 is 9.32 Å². The number of likely N-dealkylation sites (tertiary alicyclic amines) is 1. The van der Waals surface area contributed by atoms with E-state index in [1.54, 1.807) is 0 Å². The van der Waals surface area contributed by atoms with Gasteiger partial charge in [0.1, 0.15) is 0 Å². The highest BCUT2D eigenvalue weighted by atomic mass is 16.5. The quantitative estimate of drug-likeness (QED) is 0.691. The summed E-state index contributed by atoms with van der Waals surface area (Å²) < 4.78 is 5.49. The number of aromatic nitrogens is 2. The first kappa shape index (κ1) is 17.5. The smallest absolute Gasteiger partial charge is 0.232 e. The molecule has 1 aliphatic rings. The van der Waals surface area contributed by atoms with Crippen LogP contribution in [0.5, 0.6) is 0 Å². The molecule has 0 bridgehead atoms. The second-order valence-corrected chi connectivity index (χ2v) is 7.23. The van der Waals surface area contributed by atoms with E-state index in [0.29, 0.717) is 24.7 Å². The first-order valence-electron chi connectivity index (χ1n) is 9.33. The fraction of sp³-hybridized carbons (Fsp3) is 0.318. The van der Waals surface area contributed by atoms with Gasteiger partial charge in [-0.15, -0.1) is 0 Å². The molecule has 1 unspecified atom stereocenters. The second kappa shape index (κ2) is 7.35. The lowest BCUT2D eigenvalue weighted by Gasteiger charge is -2.15. The van der Waals surface area contributed by atoms with Crippen LogP contribution in [0.15, 0.2) is 53.1 Å². The zero-order valence-electron chi connectivity index (χ0n) is 15.7. The summed E-state index contributed by atoms with van der Waals surface area (Å²) in [6.45, 7) is 5.51. The first-order valence-corrected chi connectivity index (χ1v) is 9.33. The minimum absolute atomic E-state index is 0.0268. The minimum Gasteiger partial charge on any atom is -0.342 e. The number of nitrogens with zero attached hydrogens (tertiary/aromatic N) is 3. The highest BCUT2D eigenvalue weighted by molar-refractivity contribution is 5.79. The van der Waals surface area contributed by atoms with Gasteiger partial charge in [0.2, 0.25) is 17.6 Å². The van der Waals surface area contributed by atoms with Crippen LogP contribution in [0.4, 0.5) is 0 Å². The van der Waals surface area contributed by atoms with Gasteiger partial charge in [0, 0.05) is 25.1 Å². The summed E-state index contributed by atoms with van der Waals surface area (Å²) in [4.78, 5) is 18.8. The van der Waals surface area contributed by atoms with Crippen LogP contribution in [0.25, 0.3) is 11.4 Å². The van der Waals surface area contributed by atoms with E-state index >= 15 is 0 Å². The lowest BCUT2D eigenvalue weighted by Crippen LogP contribution is -2.27. The Kier molecular flexibility index (Phi) is 4.75. The van der Waals surface area contributed by atoms with Gasteiger partial charge in [0.25, 0.3) is 0 Å². The molecule has 27 heavy (non-hydrogen) atoms. The van der Waals surface area contributed by atoms with Gasteiger partial charge < -0.3 is 9.42 Å². The Bertz CT molecular complexity index is 949. The van der Waals surface area contributed by atoms with E-state index < -0.39 is 0 Å². The number of carbonyl (C=O) groups excluding carboxylic acids is 1. The summed E-state index contributed by atoms with van der Waals surface area (Å²) in [5.74, 6) is 1.27. The zero-order valence-corrected chi connectivity index (χ0v) is 15.7. The Balaban J connectivity index is 1.43. The third-order valence-electron chi connectivity index (χ3n) is 5.28. The van der Waals surface area contributed by atoms with E-state index in [9.17, 15) is 4.79 Å². The van der Waals surface area contributed by atoms with Gasteiger partial charge in [-0.2, -0.15) is 4.98 Å². The van der Waals surface area contributed by atoms with E-state index in [2.05, 4.69) is 48.3 Å². The SMILES string of the molecule is Cc1ccc(-c2noc(C3CC(=O)N(CCc4ccccc4)C3)n2)cc1C. The third kappa shape index (κ3) is 3.77. The van der Waals surface area contributed by atoms with E-state index in [-0.39, 0.29) is 11.8 Å². The van der Waals surface area contributed by atoms with Crippen molar-refractivity contribution in [2.75, 3.05) is 13.1 Å². The second-order valence-electron chi connectivity index (χ2n) is 7.23. The Labute approximate surface area is 159 Å². The number of hydrogen-bond acceptors (Lipinski definition) is 4. The van der Waals surface area contributed by atoms with Crippen molar-refractivity contribution in [2.45, 2.75) is 32.6 Å². The Morgan fingerprint density at radius 2 is 1.93 bits per heavy atom. The molecule has 1 aliphatic heterocycles. The molecule has 2 heterocycles. The van der Waals surface area contributed by atoms with E-state index in [1.165, 1.54) is 16.7 Å². The monoisotopic (exact) mass is 361 g/mol. The molecule has 0 N–H and O–H groups in total. The molecular weight excluding hydrogens is 338 g/mol. The highest BCUT2D eigenvalue weighted by Crippen LogP contribution is 2.29. The van der Waals surface area contributed by atoms with Crippen LogP contribution in [0.2, 0.25) is 0 Å². The largest absolute Gasteiger partial charge is 0.342 e. The van der Waals surface area contributed by atoms with Crippen molar-refractivity contribution in [1.82, 2.24) is 15.0 Å². The molecule has 1 amide bonds. The van der Waals surface area contributed by atoms with E-state index in [1.807, 2.05) is 29.2 Å². The summed E-state index contributed by atoms with van der Waals surface area (Å²) in [7, 11) is 0. The summed E-state index contributed by atoms with van der Waals surface area (Å²) in [5, 5.41) is 4.13. The molecule has 1 fully saturated rings. The lowest BCUT2D eigenvalue weighted by molar-refractivity contribution is -0.127. The molecule has 0 aliphatic carbocycles. The van der Waals surface area contributed by atoms with Crippen LogP contribution >= 0.6 is 0 Å². The molecule has 5 heteroatoms. The molecule has 1 atom stereocenters. The van der Waals surface area contributed by atoms with Crippen LogP contribution in [0.1, 0.15) is 34.9 Å². The maximum atomic E-state index is 12.4. The molecule has 0 radical (unpaired) electrons. The summed E-state index contributed by atoms with van der Waals surface area (Å²) in [6, 6.07) is 16.4. The predicted molar refractivity (Wildman–Crippen MR) is 103 cm³/mol. The number of amides is 1. The van der Waals surface area contributed by atoms with Crippen LogP contribution in [0, 0.1) is 13.8 Å². The maximum absolute atomic E-state index is 12.4. The third-order valence-corrected chi connectivity index (χ3v) is 5.28. The molecule has 0 saturated carbocycles. The van der Waals surface area contributed by atoms with Gasteiger partial charge in [-0.3, -0.25) is 4.79 Å². The van der Waals surface area contributed by atoms with Crippen LogP contribution < -0.4 is 0 Å². The minimum atomic E-state index is -0.0268. The average molecular weight is 361 g/mol. The molecule has 4 rings (SSSR count). The van der Waals surface area contributed by atoms with Crippen molar-refractivity contribution in [1.29, 1.82) is 0 Å². The molecule has 0 spiro atoms. The first-order chi connectivity index (χ1) is 13.1. The maximum Gasteiger partial charge on any atom is 0.232 e. The molecule has 1 aromatic heterocycles. The van der Waals surface area contributed by atoms with Crippen molar-refractivity contribution in [3.8, 4) is 11.4 Å². The van der Waals surface area contributed by atoms with Crippen LogP contribution in [-0.4, -0.2) is 34.0 Å². The topological polar surface area (TPSA) is 59.2 Å². The van der Waals surface area contributed by atoms with Gasteiger partial charge in [-0.25, -0.2) is 0 Å².